The Morgan fingerprint density at radius 2 is 2.00 bits per heavy atom. The third-order valence-corrected chi connectivity index (χ3v) is 6.36. The summed E-state index contributed by atoms with van der Waals surface area (Å²) in [5.74, 6) is 3.34. The standard InChI is InChI=1S/C20H16N2S/c1-2-11-22-17-10-6-3-7-13(17)12-15-18-14-8-4-5-9-16(14)21-19(18)23-20(15)22/h1,3-10,15,20-21H,11-12H2/t15-,20+/m0/s1. The van der Waals surface area contributed by atoms with Gasteiger partial charge in [-0.15, -0.1) is 6.42 Å². The van der Waals surface area contributed by atoms with E-state index in [-0.39, 0.29) is 0 Å². The molecule has 0 radical (unpaired) electrons. The maximum absolute atomic E-state index is 5.66. The predicted molar refractivity (Wildman–Crippen MR) is 97.0 cm³/mol. The van der Waals surface area contributed by atoms with Gasteiger partial charge in [0.05, 0.1) is 16.9 Å². The van der Waals surface area contributed by atoms with Gasteiger partial charge in [-0.05, 0) is 29.7 Å². The molecule has 0 saturated carbocycles. The molecular weight excluding hydrogens is 300 g/mol. The summed E-state index contributed by atoms with van der Waals surface area (Å²) in [6.45, 7) is 0.660. The van der Waals surface area contributed by atoms with Crippen LogP contribution in [0.25, 0.3) is 10.9 Å². The van der Waals surface area contributed by atoms with Gasteiger partial charge < -0.3 is 9.88 Å². The summed E-state index contributed by atoms with van der Waals surface area (Å²) in [4.78, 5) is 6.01. The number of hydrogen-bond acceptors (Lipinski definition) is 2. The molecule has 0 amide bonds. The highest BCUT2D eigenvalue weighted by Gasteiger charge is 2.43. The van der Waals surface area contributed by atoms with Crippen LogP contribution in [0.1, 0.15) is 17.0 Å². The van der Waals surface area contributed by atoms with Crippen molar-refractivity contribution in [3.63, 3.8) is 0 Å². The van der Waals surface area contributed by atoms with E-state index in [0.717, 1.165) is 6.42 Å². The number of benzene rings is 2. The van der Waals surface area contributed by atoms with Gasteiger partial charge in [0.2, 0.25) is 0 Å². The minimum Gasteiger partial charge on any atom is -0.349 e. The summed E-state index contributed by atoms with van der Waals surface area (Å²) in [5, 5.41) is 3.07. The van der Waals surface area contributed by atoms with E-state index in [1.807, 2.05) is 11.8 Å². The molecule has 5 rings (SSSR count). The monoisotopic (exact) mass is 316 g/mol. The van der Waals surface area contributed by atoms with Crippen LogP contribution < -0.4 is 4.90 Å². The molecule has 3 heteroatoms. The number of thioether (sulfide) groups is 1. The van der Waals surface area contributed by atoms with Crippen molar-refractivity contribution in [2.75, 3.05) is 11.4 Å². The van der Waals surface area contributed by atoms with Gasteiger partial charge in [-0.1, -0.05) is 54.1 Å². The van der Waals surface area contributed by atoms with E-state index in [4.69, 9.17) is 6.42 Å². The number of nitrogens with one attached hydrogen (secondary N) is 1. The molecule has 2 aliphatic heterocycles. The molecule has 0 unspecified atom stereocenters. The first kappa shape index (κ1) is 13.2. The van der Waals surface area contributed by atoms with Gasteiger partial charge in [-0.3, -0.25) is 0 Å². The van der Waals surface area contributed by atoms with Gasteiger partial charge in [0, 0.05) is 22.5 Å². The van der Waals surface area contributed by atoms with Crippen molar-refractivity contribution < 1.29 is 0 Å². The third kappa shape index (κ3) is 1.79. The summed E-state index contributed by atoms with van der Waals surface area (Å²) in [5.41, 5.74) is 5.43. The molecule has 1 aromatic heterocycles. The van der Waals surface area contributed by atoms with Crippen LogP contribution in [0.2, 0.25) is 0 Å². The molecule has 23 heavy (non-hydrogen) atoms. The lowest BCUT2D eigenvalue weighted by Crippen LogP contribution is -2.40. The van der Waals surface area contributed by atoms with E-state index in [9.17, 15) is 0 Å². The Kier molecular flexibility index (Phi) is 2.77. The number of terminal acetylenes is 1. The van der Waals surface area contributed by atoms with Crippen LogP contribution in [-0.4, -0.2) is 16.9 Å². The number of para-hydroxylation sites is 2. The molecule has 0 spiro atoms. The lowest BCUT2D eigenvalue weighted by molar-refractivity contribution is 0.603. The van der Waals surface area contributed by atoms with Gasteiger partial charge in [-0.2, -0.15) is 0 Å². The van der Waals surface area contributed by atoms with Gasteiger partial charge in [0.25, 0.3) is 0 Å². The minimum atomic E-state index is 0.395. The third-order valence-electron chi connectivity index (χ3n) is 4.97. The Hall–Kier alpha value is -2.31. The molecule has 3 heterocycles. The summed E-state index contributed by atoms with van der Waals surface area (Å²) in [7, 11) is 0. The minimum absolute atomic E-state index is 0.395. The van der Waals surface area contributed by atoms with E-state index in [1.54, 1.807) is 0 Å². The zero-order valence-corrected chi connectivity index (χ0v) is 13.4. The van der Waals surface area contributed by atoms with Crippen molar-refractivity contribution in [3.8, 4) is 12.3 Å². The fraction of sp³-hybridized carbons (Fsp3) is 0.200. The number of fused-ring (bicyclic) bond motifs is 6. The smallest absolute Gasteiger partial charge is 0.0893 e. The van der Waals surface area contributed by atoms with Gasteiger partial charge >= 0.3 is 0 Å². The number of aromatic nitrogens is 1. The Labute approximate surface area is 139 Å². The largest absolute Gasteiger partial charge is 0.349 e. The molecule has 0 saturated heterocycles. The van der Waals surface area contributed by atoms with Crippen molar-refractivity contribution in [1.82, 2.24) is 4.98 Å². The molecule has 0 aliphatic carbocycles. The molecule has 0 bridgehead atoms. The summed E-state index contributed by atoms with van der Waals surface area (Å²) in [6, 6.07) is 17.3. The predicted octanol–water partition coefficient (Wildman–Crippen LogP) is 4.38. The molecule has 112 valence electrons. The maximum atomic E-state index is 5.66. The average molecular weight is 316 g/mol. The van der Waals surface area contributed by atoms with Crippen molar-refractivity contribution in [1.29, 1.82) is 0 Å². The summed E-state index contributed by atoms with van der Waals surface area (Å²) < 4.78 is 0. The Morgan fingerprint density at radius 1 is 1.17 bits per heavy atom. The normalized spacial score (nSPS) is 21.6. The summed E-state index contributed by atoms with van der Waals surface area (Å²) in [6.07, 6.45) is 6.75. The van der Waals surface area contributed by atoms with Crippen LogP contribution in [0.5, 0.6) is 0 Å². The second-order valence-corrected chi connectivity index (χ2v) is 7.32. The number of aromatic amines is 1. The van der Waals surface area contributed by atoms with Crippen molar-refractivity contribution in [2.24, 2.45) is 0 Å². The lowest BCUT2D eigenvalue weighted by Gasteiger charge is -2.39. The lowest BCUT2D eigenvalue weighted by atomic mass is 9.87. The zero-order chi connectivity index (χ0) is 15.4. The highest BCUT2D eigenvalue weighted by atomic mass is 32.2. The quantitative estimate of drug-likeness (QED) is 0.672. The molecule has 2 atom stereocenters. The fourth-order valence-corrected chi connectivity index (χ4v) is 5.55. The van der Waals surface area contributed by atoms with Crippen LogP contribution in [0.3, 0.4) is 0 Å². The van der Waals surface area contributed by atoms with Gasteiger partial charge in [0.1, 0.15) is 0 Å². The molecule has 1 N–H and O–H groups in total. The van der Waals surface area contributed by atoms with E-state index >= 15 is 0 Å². The first-order valence-electron chi connectivity index (χ1n) is 7.92. The van der Waals surface area contributed by atoms with Crippen LogP contribution in [0.4, 0.5) is 5.69 Å². The number of rotatable bonds is 1. The van der Waals surface area contributed by atoms with Crippen molar-refractivity contribution in [3.05, 3.63) is 59.7 Å². The van der Waals surface area contributed by atoms with Crippen LogP contribution >= 0.6 is 11.8 Å². The number of H-pyrrole nitrogens is 1. The molecular formula is C20H16N2S. The second kappa shape index (κ2) is 4.84. The van der Waals surface area contributed by atoms with E-state index < -0.39 is 0 Å². The number of hydrogen-bond donors (Lipinski definition) is 1. The SMILES string of the molecule is C#CCN1c2ccccc2C[C@H]2c3c([nH]c4ccccc34)S[C@H]21. The second-order valence-electron chi connectivity index (χ2n) is 6.19. The van der Waals surface area contributed by atoms with E-state index in [0.29, 0.717) is 17.8 Å². The maximum Gasteiger partial charge on any atom is 0.0893 e. The van der Waals surface area contributed by atoms with E-state index in [1.165, 1.54) is 32.7 Å². The first-order valence-corrected chi connectivity index (χ1v) is 8.80. The van der Waals surface area contributed by atoms with Gasteiger partial charge in [0.15, 0.2) is 0 Å². The molecule has 0 fully saturated rings. The number of anilines is 1. The topological polar surface area (TPSA) is 19.0 Å². The zero-order valence-electron chi connectivity index (χ0n) is 12.6. The molecule has 2 nitrogen and oxygen atoms in total. The van der Waals surface area contributed by atoms with E-state index in [2.05, 4.69) is 64.3 Å². The van der Waals surface area contributed by atoms with Crippen LogP contribution in [0, 0.1) is 12.3 Å². The molecule has 3 aromatic rings. The average Bonchev–Trinajstić information content (AvgIpc) is 3.11. The Morgan fingerprint density at radius 3 is 2.91 bits per heavy atom. The highest BCUT2D eigenvalue weighted by molar-refractivity contribution is 8.00. The highest BCUT2D eigenvalue weighted by Crippen LogP contribution is 2.54. The summed E-state index contributed by atoms with van der Waals surface area (Å²) >= 11 is 1.93. The van der Waals surface area contributed by atoms with Gasteiger partial charge in [-0.25, -0.2) is 0 Å². The van der Waals surface area contributed by atoms with Crippen molar-refractivity contribution >= 4 is 28.4 Å². The Bertz CT molecular complexity index is 950. The van der Waals surface area contributed by atoms with Crippen LogP contribution in [-0.2, 0) is 6.42 Å². The van der Waals surface area contributed by atoms with Crippen LogP contribution in [0.15, 0.2) is 53.6 Å². The first-order chi connectivity index (χ1) is 11.4. The number of nitrogens with zero attached hydrogens (tertiary/aromatic N) is 1. The van der Waals surface area contributed by atoms with Crippen molar-refractivity contribution in [2.45, 2.75) is 22.7 Å². The molecule has 2 aliphatic rings. The molecule has 2 aromatic carbocycles. The fourth-order valence-electron chi connectivity index (χ4n) is 4.04. The Balaban J connectivity index is 1.69.